The number of ether oxygens (including phenoxy) is 2. The zero-order valence-electron chi connectivity index (χ0n) is 15.2. The Hall–Kier alpha value is -2.35. The van der Waals surface area contributed by atoms with Crippen LogP contribution in [0.4, 0.5) is 0 Å². The number of thioether (sulfide) groups is 1. The predicted octanol–water partition coefficient (Wildman–Crippen LogP) is 2.53. The number of cyclic esters (lactones) is 1. The molecule has 0 saturated carbocycles. The molecule has 8 heteroatoms. The van der Waals surface area contributed by atoms with Gasteiger partial charge in [-0.3, -0.25) is 9.36 Å². The van der Waals surface area contributed by atoms with Gasteiger partial charge in [0.25, 0.3) is 0 Å². The summed E-state index contributed by atoms with van der Waals surface area (Å²) in [5.41, 5.74) is 3.20. The van der Waals surface area contributed by atoms with Crippen molar-refractivity contribution in [2.45, 2.75) is 51.5 Å². The summed E-state index contributed by atoms with van der Waals surface area (Å²) < 4.78 is 12.1. The summed E-state index contributed by atoms with van der Waals surface area (Å²) in [5.74, 6) is -0.173. The SMILES string of the molecule is Cc1ccc(C)c(-n2c(C)nnc2SCC(=O)O[C@@H]2C[C@@H](C)OC2=O)c1. The monoisotopic (exact) mass is 375 g/mol. The average Bonchev–Trinajstić information content (AvgIpc) is 3.09. The van der Waals surface area contributed by atoms with Crippen molar-refractivity contribution in [2.24, 2.45) is 0 Å². The van der Waals surface area contributed by atoms with E-state index in [2.05, 4.69) is 16.3 Å². The quantitative estimate of drug-likeness (QED) is 0.586. The predicted molar refractivity (Wildman–Crippen MR) is 96.3 cm³/mol. The topological polar surface area (TPSA) is 83.3 Å². The summed E-state index contributed by atoms with van der Waals surface area (Å²) in [6, 6.07) is 6.15. The number of benzene rings is 1. The fraction of sp³-hybridized carbons (Fsp3) is 0.444. The van der Waals surface area contributed by atoms with Crippen molar-refractivity contribution < 1.29 is 19.1 Å². The maximum Gasteiger partial charge on any atom is 0.347 e. The molecule has 1 saturated heterocycles. The average molecular weight is 375 g/mol. The van der Waals surface area contributed by atoms with Gasteiger partial charge in [0.2, 0.25) is 6.10 Å². The molecule has 2 atom stereocenters. The molecule has 0 N–H and O–H groups in total. The highest BCUT2D eigenvalue weighted by Crippen LogP contribution is 2.25. The first kappa shape index (κ1) is 18.4. The Morgan fingerprint density at radius 1 is 1.35 bits per heavy atom. The molecule has 1 aromatic carbocycles. The molecule has 138 valence electrons. The summed E-state index contributed by atoms with van der Waals surface area (Å²) in [7, 11) is 0. The standard InChI is InChI=1S/C18H21N3O4S/c1-10-5-6-11(2)14(7-10)21-13(4)19-20-18(21)26-9-16(22)25-15-8-12(3)24-17(15)23/h5-7,12,15H,8-9H2,1-4H3/t12-,15-/m1/s1. The Morgan fingerprint density at radius 2 is 2.12 bits per heavy atom. The molecule has 2 heterocycles. The third kappa shape index (κ3) is 3.90. The molecule has 1 aliphatic rings. The minimum absolute atomic E-state index is 0.0428. The van der Waals surface area contributed by atoms with Crippen LogP contribution in [0, 0.1) is 20.8 Å². The van der Waals surface area contributed by atoms with E-state index in [0.29, 0.717) is 11.6 Å². The highest BCUT2D eigenvalue weighted by atomic mass is 32.2. The van der Waals surface area contributed by atoms with Gasteiger partial charge in [0.15, 0.2) is 5.16 Å². The second kappa shape index (κ2) is 7.49. The summed E-state index contributed by atoms with van der Waals surface area (Å²) in [5, 5.41) is 8.91. The number of hydrogen-bond donors (Lipinski definition) is 0. The molecule has 0 radical (unpaired) electrons. The van der Waals surface area contributed by atoms with E-state index in [9.17, 15) is 9.59 Å². The number of esters is 2. The first-order valence-electron chi connectivity index (χ1n) is 8.37. The molecular weight excluding hydrogens is 354 g/mol. The highest BCUT2D eigenvalue weighted by Gasteiger charge is 2.35. The van der Waals surface area contributed by atoms with Gasteiger partial charge in [0, 0.05) is 6.42 Å². The molecule has 0 aliphatic carbocycles. The second-order valence-electron chi connectivity index (χ2n) is 6.41. The zero-order valence-corrected chi connectivity index (χ0v) is 16.0. The second-order valence-corrected chi connectivity index (χ2v) is 7.35. The van der Waals surface area contributed by atoms with Crippen LogP contribution < -0.4 is 0 Å². The lowest BCUT2D eigenvalue weighted by Gasteiger charge is -2.12. The number of aromatic nitrogens is 3. The van der Waals surface area contributed by atoms with Gasteiger partial charge in [-0.2, -0.15) is 0 Å². The van der Waals surface area contributed by atoms with E-state index in [0.717, 1.165) is 22.6 Å². The Kier molecular flexibility index (Phi) is 5.31. The molecule has 0 spiro atoms. The molecule has 1 aromatic heterocycles. The van der Waals surface area contributed by atoms with E-state index in [1.165, 1.54) is 11.8 Å². The number of carbonyl (C=O) groups is 2. The van der Waals surface area contributed by atoms with Crippen LogP contribution in [-0.4, -0.2) is 44.7 Å². The van der Waals surface area contributed by atoms with E-state index in [4.69, 9.17) is 9.47 Å². The van der Waals surface area contributed by atoms with Gasteiger partial charge >= 0.3 is 11.9 Å². The van der Waals surface area contributed by atoms with Crippen molar-refractivity contribution in [1.82, 2.24) is 14.8 Å². The van der Waals surface area contributed by atoms with Crippen LogP contribution in [0.25, 0.3) is 5.69 Å². The van der Waals surface area contributed by atoms with Crippen molar-refractivity contribution in [3.8, 4) is 5.69 Å². The lowest BCUT2D eigenvalue weighted by atomic mass is 10.1. The highest BCUT2D eigenvalue weighted by molar-refractivity contribution is 7.99. The summed E-state index contributed by atoms with van der Waals surface area (Å²) in [6.07, 6.45) is -0.632. The minimum atomic E-state index is -0.809. The lowest BCUT2D eigenvalue weighted by molar-refractivity contribution is -0.159. The molecule has 0 amide bonds. The fourth-order valence-electron chi connectivity index (χ4n) is 2.81. The van der Waals surface area contributed by atoms with E-state index in [-0.39, 0.29) is 11.9 Å². The smallest absolute Gasteiger partial charge is 0.347 e. The summed E-state index contributed by atoms with van der Waals surface area (Å²) >= 11 is 1.23. The first-order chi connectivity index (χ1) is 12.3. The first-order valence-corrected chi connectivity index (χ1v) is 9.36. The van der Waals surface area contributed by atoms with E-state index < -0.39 is 18.0 Å². The molecule has 1 fully saturated rings. The number of aryl methyl sites for hydroxylation is 3. The number of rotatable bonds is 5. The number of nitrogens with zero attached hydrogens (tertiary/aromatic N) is 3. The Balaban J connectivity index is 1.70. The molecule has 0 bridgehead atoms. The Labute approximate surface area is 156 Å². The van der Waals surface area contributed by atoms with Gasteiger partial charge in [0.05, 0.1) is 11.4 Å². The molecule has 26 heavy (non-hydrogen) atoms. The number of carbonyl (C=O) groups excluding carboxylic acids is 2. The van der Waals surface area contributed by atoms with Gasteiger partial charge < -0.3 is 9.47 Å². The van der Waals surface area contributed by atoms with Gasteiger partial charge in [-0.1, -0.05) is 23.9 Å². The molecule has 0 unspecified atom stereocenters. The van der Waals surface area contributed by atoms with Crippen LogP contribution in [0.1, 0.15) is 30.3 Å². The van der Waals surface area contributed by atoms with Crippen molar-refractivity contribution >= 4 is 23.7 Å². The molecule has 2 aromatic rings. The normalized spacial score (nSPS) is 19.5. The maximum absolute atomic E-state index is 12.1. The molecule has 7 nitrogen and oxygen atoms in total. The van der Waals surface area contributed by atoms with Crippen molar-refractivity contribution in [3.63, 3.8) is 0 Å². The van der Waals surface area contributed by atoms with Gasteiger partial charge in [-0.25, -0.2) is 4.79 Å². The van der Waals surface area contributed by atoms with E-state index in [1.807, 2.05) is 37.5 Å². The van der Waals surface area contributed by atoms with Crippen LogP contribution in [0.15, 0.2) is 23.4 Å². The Morgan fingerprint density at radius 3 is 2.81 bits per heavy atom. The van der Waals surface area contributed by atoms with Gasteiger partial charge in [0.1, 0.15) is 11.9 Å². The van der Waals surface area contributed by atoms with Crippen molar-refractivity contribution in [2.75, 3.05) is 5.75 Å². The van der Waals surface area contributed by atoms with Crippen molar-refractivity contribution in [3.05, 3.63) is 35.2 Å². The Bertz CT molecular complexity index is 849. The van der Waals surface area contributed by atoms with E-state index >= 15 is 0 Å². The third-order valence-corrected chi connectivity index (χ3v) is 5.02. The van der Waals surface area contributed by atoms with Crippen molar-refractivity contribution in [1.29, 1.82) is 0 Å². The van der Waals surface area contributed by atoms with Gasteiger partial charge in [-0.15, -0.1) is 10.2 Å². The van der Waals surface area contributed by atoms with Crippen LogP contribution in [0.3, 0.4) is 0 Å². The number of hydrogen-bond acceptors (Lipinski definition) is 7. The van der Waals surface area contributed by atoms with Crippen LogP contribution in [0.2, 0.25) is 0 Å². The zero-order chi connectivity index (χ0) is 18.8. The third-order valence-electron chi connectivity index (χ3n) is 4.12. The van der Waals surface area contributed by atoms with Crippen LogP contribution in [-0.2, 0) is 19.1 Å². The minimum Gasteiger partial charge on any atom is -0.460 e. The van der Waals surface area contributed by atoms with E-state index in [1.54, 1.807) is 6.92 Å². The molecular formula is C18H21N3O4S. The molecule has 3 rings (SSSR count). The van der Waals surface area contributed by atoms with Crippen LogP contribution in [0.5, 0.6) is 0 Å². The summed E-state index contributed by atoms with van der Waals surface area (Å²) in [6.45, 7) is 7.68. The van der Waals surface area contributed by atoms with Crippen LogP contribution >= 0.6 is 11.8 Å². The largest absolute Gasteiger partial charge is 0.460 e. The lowest BCUT2D eigenvalue weighted by Crippen LogP contribution is -2.23. The fourth-order valence-corrected chi connectivity index (χ4v) is 3.58. The molecule has 1 aliphatic heterocycles. The summed E-state index contributed by atoms with van der Waals surface area (Å²) in [4.78, 5) is 23.7. The maximum atomic E-state index is 12.1. The van der Waals surface area contributed by atoms with Gasteiger partial charge in [-0.05, 0) is 44.9 Å².